The second-order valence-corrected chi connectivity index (χ2v) is 5.95. The molecular formula is C22H27N. The third-order valence-electron chi connectivity index (χ3n) is 4.13. The van der Waals surface area contributed by atoms with Crippen LogP contribution in [-0.2, 0) is 6.42 Å². The highest BCUT2D eigenvalue weighted by Crippen LogP contribution is 2.33. The highest BCUT2D eigenvalue weighted by Gasteiger charge is 2.16. The van der Waals surface area contributed by atoms with E-state index >= 15 is 0 Å². The molecule has 0 N–H and O–H groups in total. The highest BCUT2D eigenvalue weighted by atomic mass is 15.1. The summed E-state index contributed by atoms with van der Waals surface area (Å²) in [6.45, 7) is 13.0. The van der Waals surface area contributed by atoms with Gasteiger partial charge in [-0.3, -0.25) is 0 Å². The number of nitrogens with zero attached hydrogens (tertiary/aromatic N) is 1. The number of hydrogen-bond acceptors (Lipinski definition) is 1. The lowest BCUT2D eigenvalue weighted by molar-refractivity contribution is 0.917. The van der Waals surface area contributed by atoms with Gasteiger partial charge in [-0.1, -0.05) is 68.5 Å². The van der Waals surface area contributed by atoms with Crippen LogP contribution in [0.25, 0.3) is 5.70 Å². The summed E-state index contributed by atoms with van der Waals surface area (Å²) in [7, 11) is 0. The molecule has 0 spiro atoms. The summed E-state index contributed by atoms with van der Waals surface area (Å²) in [5.74, 6) is 0. The van der Waals surface area contributed by atoms with Gasteiger partial charge in [0.1, 0.15) is 0 Å². The molecule has 23 heavy (non-hydrogen) atoms. The lowest BCUT2D eigenvalue weighted by Crippen LogP contribution is -2.17. The van der Waals surface area contributed by atoms with E-state index in [4.69, 9.17) is 0 Å². The van der Waals surface area contributed by atoms with E-state index in [1.165, 1.54) is 27.9 Å². The molecule has 0 heterocycles. The van der Waals surface area contributed by atoms with E-state index in [-0.39, 0.29) is 0 Å². The Labute approximate surface area is 141 Å². The van der Waals surface area contributed by atoms with Crippen molar-refractivity contribution < 1.29 is 0 Å². The fraction of sp³-hybridized carbons (Fsp3) is 0.273. The molecule has 2 rings (SSSR count). The van der Waals surface area contributed by atoms with Crippen molar-refractivity contribution >= 4 is 11.4 Å². The van der Waals surface area contributed by atoms with E-state index in [2.05, 4.69) is 93.9 Å². The van der Waals surface area contributed by atoms with Gasteiger partial charge < -0.3 is 4.90 Å². The van der Waals surface area contributed by atoms with E-state index in [1.807, 2.05) is 0 Å². The van der Waals surface area contributed by atoms with Crippen LogP contribution in [0, 0.1) is 13.8 Å². The van der Waals surface area contributed by atoms with Crippen molar-refractivity contribution in [1.82, 2.24) is 0 Å². The minimum absolute atomic E-state index is 1.02. The summed E-state index contributed by atoms with van der Waals surface area (Å²) >= 11 is 0. The number of hydrogen-bond donors (Lipinski definition) is 0. The summed E-state index contributed by atoms with van der Waals surface area (Å²) < 4.78 is 0. The first kappa shape index (κ1) is 17.1. The normalized spacial score (nSPS) is 11.0. The van der Waals surface area contributed by atoms with E-state index in [0.717, 1.165) is 18.5 Å². The Balaban J connectivity index is 2.56. The zero-order chi connectivity index (χ0) is 16.8. The van der Waals surface area contributed by atoms with Crippen molar-refractivity contribution in [3.05, 3.63) is 83.6 Å². The van der Waals surface area contributed by atoms with Crippen LogP contribution in [0.1, 0.15) is 42.5 Å². The average molecular weight is 305 g/mol. The second kappa shape index (κ2) is 7.82. The maximum Gasteiger partial charge on any atom is 0.0516 e. The minimum atomic E-state index is 1.02. The Hall–Kier alpha value is -2.28. The molecule has 0 aliphatic heterocycles. The first-order chi connectivity index (χ1) is 11.1. The molecule has 0 radical (unpaired) electrons. The Morgan fingerprint density at radius 2 is 1.74 bits per heavy atom. The molecule has 0 atom stereocenters. The Bertz CT molecular complexity index is 710. The molecule has 2 aromatic carbocycles. The van der Waals surface area contributed by atoms with Crippen molar-refractivity contribution in [2.45, 2.75) is 40.5 Å². The molecule has 0 amide bonds. The Morgan fingerprint density at radius 1 is 1.04 bits per heavy atom. The summed E-state index contributed by atoms with van der Waals surface area (Å²) in [6.07, 6.45) is 6.41. The van der Waals surface area contributed by atoms with Crippen LogP contribution in [0.3, 0.4) is 0 Å². The lowest BCUT2D eigenvalue weighted by atomic mass is 10.00. The maximum atomic E-state index is 4.40. The molecule has 2 aromatic rings. The van der Waals surface area contributed by atoms with Crippen molar-refractivity contribution in [1.29, 1.82) is 0 Å². The van der Waals surface area contributed by atoms with Crippen molar-refractivity contribution in [3.63, 3.8) is 0 Å². The summed E-state index contributed by atoms with van der Waals surface area (Å²) in [6, 6.07) is 15.0. The van der Waals surface area contributed by atoms with Gasteiger partial charge in [0, 0.05) is 17.5 Å². The van der Waals surface area contributed by atoms with Crippen LogP contribution < -0.4 is 4.90 Å². The average Bonchev–Trinajstić information content (AvgIpc) is 2.54. The smallest absolute Gasteiger partial charge is 0.0516 e. The van der Waals surface area contributed by atoms with Crippen LogP contribution in [0.2, 0.25) is 0 Å². The summed E-state index contributed by atoms with van der Waals surface area (Å²) in [5.41, 5.74) is 7.38. The van der Waals surface area contributed by atoms with Crippen LogP contribution in [0.15, 0.2) is 61.3 Å². The first-order valence-electron chi connectivity index (χ1n) is 8.35. The molecule has 0 aliphatic rings. The van der Waals surface area contributed by atoms with Gasteiger partial charge in [0.15, 0.2) is 0 Å². The number of allylic oxidation sites excluding steroid dienone is 1. The van der Waals surface area contributed by atoms with E-state index < -0.39 is 0 Å². The third kappa shape index (κ3) is 3.73. The van der Waals surface area contributed by atoms with Gasteiger partial charge in [-0.25, -0.2) is 0 Å². The molecule has 0 bridgehead atoms. The monoisotopic (exact) mass is 305 g/mol. The van der Waals surface area contributed by atoms with Gasteiger partial charge in [0.2, 0.25) is 0 Å². The number of aryl methyl sites for hydroxylation is 3. The van der Waals surface area contributed by atoms with Crippen molar-refractivity contribution in [2.24, 2.45) is 0 Å². The van der Waals surface area contributed by atoms with E-state index in [1.54, 1.807) is 0 Å². The quantitative estimate of drug-likeness (QED) is 0.608. The molecule has 0 fully saturated rings. The summed E-state index contributed by atoms with van der Waals surface area (Å²) in [4.78, 5) is 2.24. The van der Waals surface area contributed by atoms with Gasteiger partial charge in [-0.05, 0) is 43.9 Å². The largest absolute Gasteiger partial charge is 0.317 e. The van der Waals surface area contributed by atoms with E-state index in [9.17, 15) is 0 Å². The van der Waals surface area contributed by atoms with Gasteiger partial charge in [-0.2, -0.15) is 0 Å². The van der Waals surface area contributed by atoms with Gasteiger partial charge in [0.25, 0.3) is 0 Å². The Kier molecular flexibility index (Phi) is 5.81. The standard InChI is InChI=1S/C22H27N/c1-6-11-20-14-10-13-18(4)22(20)23(16-7-2)19(5)21-15-9-8-12-17(21)3/h7-10,12-16H,5-6,11H2,1-4H3/b16-7-. The van der Waals surface area contributed by atoms with Crippen LogP contribution in [-0.4, -0.2) is 0 Å². The fourth-order valence-electron chi connectivity index (χ4n) is 3.01. The third-order valence-corrected chi connectivity index (χ3v) is 4.13. The van der Waals surface area contributed by atoms with Crippen LogP contribution in [0.4, 0.5) is 5.69 Å². The van der Waals surface area contributed by atoms with E-state index in [0.29, 0.717) is 0 Å². The van der Waals surface area contributed by atoms with Crippen LogP contribution in [0.5, 0.6) is 0 Å². The molecule has 0 saturated carbocycles. The van der Waals surface area contributed by atoms with Crippen molar-refractivity contribution in [2.75, 3.05) is 4.90 Å². The zero-order valence-electron chi connectivity index (χ0n) is 14.8. The number of rotatable bonds is 6. The topological polar surface area (TPSA) is 3.24 Å². The second-order valence-electron chi connectivity index (χ2n) is 5.95. The molecule has 1 nitrogen and oxygen atoms in total. The molecule has 0 aromatic heterocycles. The molecule has 1 heteroatoms. The highest BCUT2D eigenvalue weighted by molar-refractivity contribution is 5.83. The maximum absolute atomic E-state index is 4.40. The zero-order valence-corrected chi connectivity index (χ0v) is 14.8. The lowest BCUT2D eigenvalue weighted by Gasteiger charge is -2.28. The Morgan fingerprint density at radius 3 is 2.39 bits per heavy atom. The fourth-order valence-corrected chi connectivity index (χ4v) is 3.01. The summed E-state index contributed by atoms with van der Waals surface area (Å²) in [5, 5.41) is 0. The van der Waals surface area contributed by atoms with Crippen LogP contribution >= 0.6 is 0 Å². The molecule has 120 valence electrons. The van der Waals surface area contributed by atoms with Gasteiger partial charge in [-0.15, -0.1) is 0 Å². The first-order valence-corrected chi connectivity index (χ1v) is 8.35. The minimum Gasteiger partial charge on any atom is -0.317 e. The molecular weight excluding hydrogens is 278 g/mol. The molecule has 0 saturated heterocycles. The van der Waals surface area contributed by atoms with Gasteiger partial charge >= 0.3 is 0 Å². The van der Waals surface area contributed by atoms with Crippen molar-refractivity contribution in [3.8, 4) is 0 Å². The number of anilines is 1. The predicted octanol–water partition coefficient (Wildman–Crippen LogP) is 6.27. The molecule has 0 unspecified atom stereocenters. The SMILES string of the molecule is C=C(c1ccccc1C)N(/C=C\C)c1c(C)cccc1CCC. The molecule has 0 aliphatic carbocycles. The number of para-hydroxylation sites is 1. The predicted molar refractivity (Wildman–Crippen MR) is 103 cm³/mol. The number of benzene rings is 2. The van der Waals surface area contributed by atoms with Gasteiger partial charge in [0.05, 0.1) is 5.69 Å².